The Morgan fingerprint density at radius 1 is 1.44 bits per heavy atom. The van der Waals surface area contributed by atoms with Crippen LogP contribution in [0.25, 0.3) is 0 Å². The molecule has 1 N–H and O–H groups in total. The van der Waals surface area contributed by atoms with Crippen molar-refractivity contribution in [2.75, 3.05) is 0 Å². The van der Waals surface area contributed by atoms with Gasteiger partial charge >= 0.3 is 0 Å². The van der Waals surface area contributed by atoms with Crippen LogP contribution in [0.5, 0.6) is 0 Å². The van der Waals surface area contributed by atoms with Crippen LogP contribution >= 0.6 is 0 Å². The van der Waals surface area contributed by atoms with Gasteiger partial charge in [0.2, 0.25) is 0 Å². The van der Waals surface area contributed by atoms with Crippen molar-refractivity contribution in [1.29, 1.82) is 0 Å². The first-order chi connectivity index (χ1) is 7.42. The first kappa shape index (κ1) is 13.5. The first-order valence-electron chi connectivity index (χ1n) is 6.44. The van der Waals surface area contributed by atoms with Crippen LogP contribution < -0.4 is 0 Å². The largest absolute Gasteiger partial charge is 0.390 e. The fourth-order valence-corrected chi connectivity index (χ4v) is 2.51. The van der Waals surface area contributed by atoms with E-state index in [0.717, 1.165) is 38.5 Å². The zero-order chi connectivity index (χ0) is 12.2. The van der Waals surface area contributed by atoms with Crippen molar-refractivity contribution in [3.63, 3.8) is 0 Å². The Bertz CT molecular complexity index is 259. The van der Waals surface area contributed by atoms with Gasteiger partial charge in [0.05, 0.1) is 5.60 Å². The van der Waals surface area contributed by atoms with Crippen LogP contribution in [0.4, 0.5) is 0 Å². The minimum Gasteiger partial charge on any atom is -0.390 e. The zero-order valence-corrected chi connectivity index (χ0v) is 11.1. The second-order valence-electron chi connectivity index (χ2n) is 5.70. The van der Waals surface area contributed by atoms with E-state index in [-0.39, 0.29) is 0 Å². The normalized spacial score (nSPS) is 21.6. The van der Waals surface area contributed by atoms with E-state index >= 15 is 0 Å². The maximum Gasteiger partial charge on any atom is 0.0651 e. The van der Waals surface area contributed by atoms with Gasteiger partial charge in [-0.3, -0.25) is 0 Å². The van der Waals surface area contributed by atoms with Crippen molar-refractivity contribution in [3.8, 4) is 0 Å². The summed E-state index contributed by atoms with van der Waals surface area (Å²) in [6, 6.07) is 0. The molecule has 1 saturated carbocycles. The van der Waals surface area contributed by atoms with Gasteiger partial charge in [0.1, 0.15) is 0 Å². The molecule has 16 heavy (non-hydrogen) atoms. The molecule has 1 nitrogen and oxygen atoms in total. The molecule has 92 valence electrons. The molecule has 0 radical (unpaired) electrons. The topological polar surface area (TPSA) is 20.2 Å². The number of hydrogen-bond acceptors (Lipinski definition) is 1. The molecule has 0 aliphatic heterocycles. The molecule has 1 aliphatic rings. The fourth-order valence-electron chi connectivity index (χ4n) is 2.51. The van der Waals surface area contributed by atoms with E-state index in [2.05, 4.69) is 26.5 Å². The molecule has 0 aromatic rings. The minimum absolute atomic E-state index is 0.462. The van der Waals surface area contributed by atoms with Gasteiger partial charge in [0, 0.05) is 0 Å². The van der Waals surface area contributed by atoms with Crippen molar-refractivity contribution in [3.05, 3.63) is 23.8 Å². The molecular weight excluding hydrogens is 196 g/mol. The van der Waals surface area contributed by atoms with Gasteiger partial charge in [-0.2, -0.15) is 0 Å². The summed E-state index contributed by atoms with van der Waals surface area (Å²) in [6.45, 7) is 10.3. The van der Waals surface area contributed by atoms with Gasteiger partial charge in [-0.05, 0) is 65.2 Å². The average Bonchev–Trinajstić information content (AvgIpc) is 2.17. The molecule has 0 saturated heterocycles. The second kappa shape index (κ2) is 5.67. The molecule has 1 fully saturated rings. The van der Waals surface area contributed by atoms with Crippen molar-refractivity contribution < 1.29 is 5.11 Å². The molecule has 0 amide bonds. The Balaban J connectivity index is 2.43. The minimum atomic E-state index is -0.493. The van der Waals surface area contributed by atoms with Crippen molar-refractivity contribution in [2.24, 2.45) is 5.92 Å². The van der Waals surface area contributed by atoms with Crippen LogP contribution in [0.3, 0.4) is 0 Å². The number of rotatable bonds is 4. The van der Waals surface area contributed by atoms with Crippen molar-refractivity contribution in [2.45, 2.75) is 64.9 Å². The Kier molecular flexibility index (Phi) is 4.79. The van der Waals surface area contributed by atoms with Crippen LogP contribution in [-0.4, -0.2) is 10.7 Å². The Labute approximate surface area is 100 Å². The summed E-state index contributed by atoms with van der Waals surface area (Å²) < 4.78 is 0. The third-order valence-electron chi connectivity index (χ3n) is 3.78. The van der Waals surface area contributed by atoms with E-state index in [0.29, 0.717) is 5.92 Å². The Morgan fingerprint density at radius 3 is 2.50 bits per heavy atom. The molecule has 1 heteroatoms. The first-order valence-corrected chi connectivity index (χ1v) is 6.44. The SMILES string of the molecule is C=C1CCC(C(C)(O)CCC=C(C)C)CC1. The van der Waals surface area contributed by atoms with E-state index in [9.17, 15) is 5.11 Å². The van der Waals surface area contributed by atoms with Gasteiger partial charge < -0.3 is 5.11 Å². The summed E-state index contributed by atoms with van der Waals surface area (Å²) in [7, 11) is 0. The van der Waals surface area contributed by atoms with Crippen LogP contribution in [0.1, 0.15) is 59.3 Å². The van der Waals surface area contributed by atoms with E-state index in [4.69, 9.17) is 0 Å². The molecule has 1 aliphatic carbocycles. The lowest BCUT2D eigenvalue weighted by molar-refractivity contribution is -0.0186. The van der Waals surface area contributed by atoms with Gasteiger partial charge in [0.25, 0.3) is 0 Å². The molecule has 1 atom stereocenters. The average molecular weight is 222 g/mol. The monoisotopic (exact) mass is 222 g/mol. The summed E-state index contributed by atoms with van der Waals surface area (Å²) in [4.78, 5) is 0. The van der Waals surface area contributed by atoms with Gasteiger partial charge in [0.15, 0.2) is 0 Å². The predicted molar refractivity (Wildman–Crippen MR) is 70.4 cm³/mol. The molecule has 1 unspecified atom stereocenters. The molecule has 0 heterocycles. The van der Waals surface area contributed by atoms with Crippen LogP contribution in [-0.2, 0) is 0 Å². The summed E-state index contributed by atoms with van der Waals surface area (Å²) in [5.41, 5.74) is 2.20. The maximum atomic E-state index is 10.5. The molecule has 0 aromatic heterocycles. The number of hydrogen-bond donors (Lipinski definition) is 1. The smallest absolute Gasteiger partial charge is 0.0651 e. The predicted octanol–water partition coefficient (Wildman–Crippen LogP) is 4.23. The highest BCUT2D eigenvalue weighted by Gasteiger charge is 2.32. The Morgan fingerprint density at radius 2 is 2.00 bits per heavy atom. The van der Waals surface area contributed by atoms with E-state index < -0.39 is 5.60 Å². The highest BCUT2D eigenvalue weighted by molar-refractivity contribution is 5.02. The zero-order valence-electron chi connectivity index (χ0n) is 11.1. The third-order valence-corrected chi connectivity index (χ3v) is 3.78. The van der Waals surface area contributed by atoms with Gasteiger partial charge in [-0.25, -0.2) is 0 Å². The van der Waals surface area contributed by atoms with Crippen molar-refractivity contribution in [1.82, 2.24) is 0 Å². The van der Waals surface area contributed by atoms with Crippen LogP contribution in [0, 0.1) is 5.92 Å². The quantitative estimate of drug-likeness (QED) is 0.706. The molecule has 0 bridgehead atoms. The molecular formula is C15H26O. The van der Waals surface area contributed by atoms with Crippen molar-refractivity contribution >= 4 is 0 Å². The lowest BCUT2D eigenvalue weighted by atomic mass is 9.74. The Hall–Kier alpha value is -0.560. The van der Waals surface area contributed by atoms with E-state index in [1.54, 1.807) is 0 Å². The van der Waals surface area contributed by atoms with Gasteiger partial charge in [-0.1, -0.05) is 23.8 Å². The van der Waals surface area contributed by atoms with Crippen LogP contribution in [0.2, 0.25) is 0 Å². The summed E-state index contributed by atoms with van der Waals surface area (Å²) in [5.74, 6) is 0.462. The fraction of sp³-hybridized carbons (Fsp3) is 0.733. The third kappa shape index (κ3) is 4.13. The second-order valence-corrected chi connectivity index (χ2v) is 5.70. The standard InChI is InChI=1S/C15H26O/c1-12(2)6-5-11-15(4,16)14-9-7-13(3)8-10-14/h6,14,16H,3,5,7-11H2,1-2,4H3. The highest BCUT2D eigenvalue weighted by Crippen LogP contribution is 2.36. The lowest BCUT2D eigenvalue weighted by Gasteiger charge is -2.36. The molecule has 1 rings (SSSR count). The maximum absolute atomic E-state index is 10.5. The molecule has 0 aromatic carbocycles. The van der Waals surface area contributed by atoms with Crippen LogP contribution in [0.15, 0.2) is 23.8 Å². The van der Waals surface area contributed by atoms with Gasteiger partial charge in [-0.15, -0.1) is 0 Å². The summed E-state index contributed by atoms with van der Waals surface area (Å²) in [6.07, 6.45) is 8.52. The van der Waals surface area contributed by atoms with E-state index in [1.165, 1.54) is 11.1 Å². The lowest BCUT2D eigenvalue weighted by Crippen LogP contribution is -2.35. The summed E-state index contributed by atoms with van der Waals surface area (Å²) >= 11 is 0. The molecule has 0 spiro atoms. The number of allylic oxidation sites excluding steroid dienone is 3. The highest BCUT2D eigenvalue weighted by atomic mass is 16.3. The van der Waals surface area contributed by atoms with E-state index in [1.807, 2.05) is 6.92 Å². The summed E-state index contributed by atoms with van der Waals surface area (Å²) in [5, 5.41) is 10.5. The number of aliphatic hydroxyl groups is 1.